The number of rotatable bonds is 6. The highest BCUT2D eigenvalue weighted by Crippen LogP contribution is 2.28. The van der Waals surface area contributed by atoms with Crippen LogP contribution < -0.4 is 5.32 Å². The largest absolute Gasteiger partial charge is 0.448 e. The van der Waals surface area contributed by atoms with E-state index in [-0.39, 0.29) is 11.9 Å². The van der Waals surface area contributed by atoms with Gasteiger partial charge in [-0.1, -0.05) is 37.3 Å². The third-order valence-corrected chi connectivity index (χ3v) is 5.29. The van der Waals surface area contributed by atoms with Gasteiger partial charge in [0.2, 0.25) is 0 Å². The fourth-order valence-corrected chi connectivity index (χ4v) is 3.65. The van der Waals surface area contributed by atoms with Crippen molar-refractivity contribution in [2.24, 2.45) is 0 Å². The first-order valence-electron chi connectivity index (χ1n) is 9.24. The minimum absolute atomic E-state index is 0.191. The number of carbonyl (C=O) groups is 1. The molecule has 0 aliphatic rings. The number of hydrogen-bond acceptors (Lipinski definition) is 3. The third-order valence-electron chi connectivity index (χ3n) is 4.90. The Morgan fingerprint density at radius 1 is 1.25 bits per heavy atom. The molecule has 1 unspecified atom stereocenters. The molecule has 6 nitrogen and oxygen atoms in total. The van der Waals surface area contributed by atoms with Crippen LogP contribution in [0.25, 0.3) is 11.1 Å². The third kappa shape index (κ3) is 3.49. The zero-order valence-electron chi connectivity index (χ0n) is 15.7. The van der Waals surface area contributed by atoms with Crippen molar-refractivity contribution in [3.05, 3.63) is 70.7 Å². The van der Waals surface area contributed by atoms with Gasteiger partial charge in [-0.05, 0) is 34.8 Å². The second-order valence-corrected chi connectivity index (χ2v) is 7.56. The monoisotopic (exact) mass is 440 g/mol. The minimum atomic E-state index is -0.191. The molecule has 1 amide bonds. The molecule has 0 fully saturated rings. The number of benzene rings is 1. The number of fused-ring (bicyclic) bond motifs is 1. The molecule has 4 aromatic rings. The number of amides is 1. The van der Waals surface area contributed by atoms with Crippen LogP contribution in [-0.2, 0) is 6.54 Å². The highest BCUT2D eigenvalue weighted by Gasteiger charge is 2.20. The average Bonchev–Trinajstić information content (AvgIpc) is 3.38. The summed E-state index contributed by atoms with van der Waals surface area (Å²) in [6, 6.07) is 15.7. The number of nitrogens with one attached hydrogen (secondary N) is 1. The molecular weight excluding hydrogens is 420 g/mol. The van der Waals surface area contributed by atoms with E-state index in [1.165, 1.54) is 0 Å². The van der Waals surface area contributed by atoms with Gasteiger partial charge >= 0.3 is 0 Å². The van der Waals surface area contributed by atoms with Crippen LogP contribution in [0.5, 0.6) is 0 Å². The normalized spacial score (nSPS) is 12.4. The Labute approximate surface area is 171 Å². The number of hydrogen-bond donors (Lipinski definition) is 1. The summed E-state index contributed by atoms with van der Waals surface area (Å²) in [5, 5.41) is 7.34. The predicted octanol–water partition coefficient (Wildman–Crippen LogP) is 5.46. The van der Waals surface area contributed by atoms with Crippen molar-refractivity contribution >= 4 is 38.8 Å². The first-order valence-corrected chi connectivity index (χ1v) is 10.0. The van der Waals surface area contributed by atoms with Crippen LogP contribution in [0.2, 0.25) is 0 Å². The molecule has 3 aromatic heterocycles. The van der Waals surface area contributed by atoms with Crippen LogP contribution in [0.1, 0.15) is 42.4 Å². The van der Waals surface area contributed by atoms with Crippen molar-refractivity contribution in [2.45, 2.75) is 32.9 Å². The summed E-state index contributed by atoms with van der Waals surface area (Å²) in [5.74, 6) is 0.494. The SMILES string of the molecule is CCC(C)n1nccc1NC(=O)c1cc2oc(Br)cc2n1Cc1ccccc1. The summed E-state index contributed by atoms with van der Waals surface area (Å²) < 4.78 is 10.1. The Balaban J connectivity index is 1.70. The molecule has 0 bridgehead atoms. The molecule has 7 heteroatoms. The first kappa shape index (κ1) is 18.6. The summed E-state index contributed by atoms with van der Waals surface area (Å²) in [5.41, 5.74) is 3.19. The molecule has 1 aromatic carbocycles. The van der Waals surface area contributed by atoms with Crippen molar-refractivity contribution in [3.8, 4) is 0 Å². The van der Waals surface area contributed by atoms with Crippen molar-refractivity contribution in [1.29, 1.82) is 0 Å². The van der Waals surface area contributed by atoms with Crippen LogP contribution >= 0.6 is 15.9 Å². The first-order chi connectivity index (χ1) is 13.6. The fourth-order valence-electron chi connectivity index (χ4n) is 3.25. The maximum absolute atomic E-state index is 13.1. The van der Waals surface area contributed by atoms with E-state index in [1.807, 2.05) is 51.7 Å². The van der Waals surface area contributed by atoms with Crippen LogP contribution in [0.15, 0.2) is 63.8 Å². The zero-order chi connectivity index (χ0) is 19.7. The van der Waals surface area contributed by atoms with E-state index < -0.39 is 0 Å². The lowest BCUT2D eigenvalue weighted by molar-refractivity contribution is 0.101. The Hall–Kier alpha value is -2.80. The molecule has 3 heterocycles. The van der Waals surface area contributed by atoms with E-state index in [0.29, 0.717) is 28.3 Å². The summed E-state index contributed by atoms with van der Waals surface area (Å²) in [6.45, 7) is 4.74. The molecule has 1 atom stereocenters. The standard InChI is InChI=1S/C21H21BrN4O2/c1-3-14(2)26-20(9-10-23-26)24-21(27)17-11-18-16(12-19(22)28-18)25(17)13-15-7-5-4-6-8-15/h4-12,14H,3,13H2,1-2H3,(H,24,27). The van der Waals surface area contributed by atoms with Crippen LogP contribution in [-0.4, -0.2) is 20.3 Å². The number of carbonyl (C=O) groups excluding carboxylic acids is 1. The highest BCUT2D eigenvalue weighted by molar-refractivity contribution is 9.10. The number of aromatic nitrogens is 3. The summed E-state index contributed by atoms with van der Waals surface area (Å²) in [4.78, 5) is 13.1. The second kappa shape index (κ2) is 7.67. The number of nitrogens with zero attached hydrogens (tertiary/aromatic N) is 3. The van der Waals surface area contributed by atoms with Gasteiger partial charge in [0.1, 0.15) is 11.5 Å². The van der Waals surface area contributed by atoms with Gasteiger partial charge in [0, 0.05) is 24.7 Å². The van der Waals surface area contributed by atoms with E-state index in [4.69, 9.17) is 4.42 Å². The van der Waals surface area contributed by atoms with Gasteiger partial charge in [0.15, 0.2) is 10.3 Å². The van der Waals surface area contributed by atoms with Gasteiger partial charge in [-0.15, -0.1) is 0 Å². The number of halogens is 1. The molecule has 0 aliphatic carbocycles. The van der Waals surface area contributed by atoms with Gasteiger partial charge in [0.05, 0.1) is 17.8 Å². The van der Waals surface area contributed by atoms with Gasteiger partial charge < -0.3 is 14.3 Å². The smallest absolute Gasteiger partial charge is 0.273 e. The number of anilines is 1. The van der Waals surface area contributed by atoms with E-state index in [0.717, 1.165) is 17.5 Å². The summed E-state index contributed by atoms with van der Waals surface area (Å²) in [7, 11) is 0. The predicted molar refractivity (Wildman–Crippen MR) is 113 cm³/mol. The van der Waals surface area contributed by atoms with Gasteiger partial charge in [0.25, 0.3) is 5.91 Å². The number of furan rings is 1. The van der Waals surface area contributed by atoms with Gasteiger partial charge in [-0.3, -0.25) is 4.79 Å². The highest BCUT2D eigenvalue weighted by atomic mass is 79.9. The second-order valence-electron chi connectivity index (χ2n) is 6.77. The summed E-state index contributed by atoms with van der Waals surface area (Å²) in [6.07, 6.45) is 2.63. The van der Waals surface area contributed by atoms with E-state index in [9.17, 15) is 4.79 Å². The van der Waals surface area contributed by atoms with E-state index >= 15 is 0 Å². The molecule has 0 radical (unpaired) electrons. The Kier molecular flexibility index (Phi) is 5.09. The molecule has 1 N–H and O–H groups in total. The molecular formula is C21H21BrN4O2. The van der Waals surface area contributed by atoms with Crippen LogP contribution in [0.4, 0.5) is 5.82 Å². The molecule has 4 rings (SSSR count). The van der Waals surface area contributed by atoms with Crippen molar-refractivity contribution in [1.82, 2.24) is 14.3 Å². The lowest BCUT2D eigenvalue weighted by Gasteiger charge is -2.15. The van der Waals surface area contributed by atoms with E-state index in [1.54, 1.807) is 12.3 Å². The molecule has 0 saturated carbocycles. The van der Waals surface area contributed by atoms with Crippen molar-refractivity contribution in [2.75, 3.05) is 5.32 Å². The maximum Gasteiger partial charge on any atom is 0.273 e. The van der Waals surface area contributed by atoms with Crippen molar-refractivity contribution in [3.63, 3.8) is 0 Å². The summed E-state index contributed by atoms with van der Waals surface area (Å²) >= 11 is 3.37. The molecule has 0 saturated heterocycles. The maximum atomic E-state index is 13.1. The quantitative estimate of drug-likeness (QED) is 0.432. The van der Waals surface area contributed by atoms with E-state index in [2.05, 4.69) is 40.2 Å². The average molecular weight is 441 g/mol. The molecule has 0 aliphatic heterocycles. The topological polar surface area (TPSA) is 65.0 Å². The Morgan fingerprint density at radius 3 is 2.79 bits per heavy atom. The molecule has 28 heavy (non-hydrogen) atoms. The van der Waals surface area contributed by atoms with Gasteiger partial charge in [-0.2, -0.15) is 5.10 Å². The van der Waals surface area contributed by atoms with Crippen LogP contribution in [0.3, 0.4) is 0 Å². The molecule has 0 spiro atoms. The zero-order valence-corrected chi connectivity index (χ0v) is 17.3. The van der Waals surface area contributed by atoms with Crippen LogP contribution in [0, 0.1) is 0 Å². The van der Waals surface area contributed by atoms with Gasteiger partial charge in [-0.25, -0.2) is 4.68 Å². The Bertz CT molecular complexity index is 1110. The minimum Gasteiger partial charge on any atom is -0.448 e. The fraction of sp³-hybridized carbons (Fsp3) is 0.238. The lowest BCUT2D eigenvalue weighted by Crippen LogP contribution is -2.20. The Morgan fingerprint density at radius 2 is 2.04 bits per heavy atom. The van der Waals surface area contributed by atoms with Crippen molar-refractivity contribution < 1.29 is 9.21 Å². The lowest BCUT2D eigenvalue weighted by atomic mass is 10.2. The molecule has 144 valence electrons.